The molecule has 0 saturated carbocycles. The Kier molecular flexibility index (Phi) is 6.35. The normalized spacial score (nSPS) is 10.4. The lowest BCUT2D eigenvalue weighted by Gasteiger charge is -2.11. The van der Waals surface area contributed by atoms with Crippen LogP contribution in [0, 0.1) is 0 Å². The summed E-state index contributed by atoms with van der Waals surface area (Å²) in [5.74, 6) is 1.86. The van der Waals surface area contributed by atoms with Gasteiger partial charge in [0.15, 0.2) is 0 Å². The molecule has 0 heterocycles. The third-order valence-electron chi connectivity index (χ3n) is 2.92. The number of thioether (sulfide) groups is 1. The Morgan fingerprint density at radius 2 is 1.87 bits per heavy atom. The highest BCUT2D eigenvalue weighted by Gasteiger charge is 2.05. The first-order valence-electron chi connectivity index (χ1n) is 7.40. The van der Waals surface area contributed by atoms with Gasteiger partial charge in [0.05, 0.1) is 19.0 Å². The summed E-state index contributed by atoms with van der Waals surface area (Å²) in [6.45, 7) is 3.94. The van der Waals surface area contributed by atoms with Crippen LogP contribution in [0.15, 0.2) is 53.4 Å². The molecule has 0 aliphatic carbocycles. The van der Waals surface area contributed by atoms with E-state index in [0.717, 1.165) is 22.1 Å². The number of carbonyl (C=O) groups is 1. The number of hydrogen-bond donors (Lipinski definition) is 1. The topological polar surface area (TPSA) is 47.6 Å². The van der Waals surface area contributed by atoms with Crippen LogP contribution in [-0.2, 0) is 4.79 Å². The maximum absolute atomic E-state index is 12.0. The molecule has 2 aromatic rings. The Labute approximate surface area is 141 Å². The number of nitrogens with one attached hydrogen (secondary N) is 1. The van der Waals surface area contributed by atoms with Gasteiger partial charge in [-0.2, -0.15) is 0 Å². The van der Waals surface area contributed by atoms with Crippen LogP contribution in [-0.4, -0.2) is 24.9 Å². The number of hydrogen-bond acceptors (Lipinski definition) is 4. The fraction of sp³-hybridized carbons (Fsp3) is 0.278. The van der Waals surface area contributed by atoms with E-state index in [9.17, 15) is 4.79 Å². The van der Waals surface area contributed by atoms with Crippen LogP contribution in [0.5, 0.6) is 11.5 Å². The van der Waals surface area contributed by atoms with Gasteiger partial charge in [0.25, 0.3) is 0 Å². The summed E-state index contributed by atoms with van der Waals surface area (Å²) in [5.41, 5.74) is 0.739. The predicted octanol–water partition coefficient (Wildman–Crippen LogP) is 4.21. The Morgan fingerprint density at radius 3 is 2.52 bits per heavy atom. The summed E-state index contributed by atoms with van der Waals surface area (Å²) in [5, 5.41) is 2.88. The van der Waals surface area contributed by atoms with Gasteiger partial charge in [-0.1, -0.05) is 6.07 Å². The van der Waals surface area contributed by atoms with Crippen molar-refractivity contribution in [3.8, 4) is 11.5 Å². The van der Waals surface area contributed by atoms with E-state index >= 15 is 0 Å². The van der Waals surface area contributed by atoms with Crippen LogP contribution in [0.3, 0.4) is 0 Å². The van der Waals surface area contributed by atoms with E-state index in [1.807, 2.05) is 62.4 Å². The highest BCUT2D eigenvalue weighted by Crippen LogP contribution is 2.22. The maximum atomic E-state index is 12.0. The highest BCUT2D eigenvalue weighted by molar-refractivity contribution is 8.00. The molecule has 0 saturated heterocycles. The second kappa shape index (κ2) is 8.48. The lowest BCUT2D eigenvalue weighted by atomic mass is 10.3. The van der Waals surface area contributed by atoms with Crippen molar-refractivity contribution < 1.29 is 14.3 Å². The molecule has 122 valence electrons. The second-order valence-corrected chi connectivity index (χ2v) is 6.26. The van der Waals surface area contributed by atoms with Gasteiger partial charge in [0.2, 0.25) is 5.91 Å². The standard InChI is InChI=1S/C18H21NO3S/c1-13(2)22-16-6-4-5-14(11-16)19-18(20)12-23-17-9-7-15(21-3)8-10-17/h4-11,13H,12H2,1-3H3,(H,19,20). The SMILES string of the molecule is COc1ccc(SCC(=O)Nc2cccc(OC(C)C)c2)cc1. The van der Waals surface area contributed by atoms with Gasteiger partial charge in [0, 0.05) is 16.6 Å². The van der Waals surface area contributed by atoms with Crippen LogP contribution in [0.1, 0.15) is 13.8 Å². The Bertz CT molecular complexity index is 641. The lowest BCUT2D eigenvalue weighted by Crippen LogP contribution is -2.14. The van der Waals surface area contributed by atoms with Gasteiger partial charge in [-0.05, 0) is 50.2 Å². The molecule has 0 atom stereocenters. The number of benzene rings is 2. The molecule has 2 aromatic carbocycles. The molecule has 0 bridgehead atoms. The number of ether oxygens (including phenoxy) is 2. The van der Waals surface area contributed by atoms with Crippen molar-refractivity contribution in [2.45, 2.75) is 24.8 Å². The molecule has 23 heavy (non-hydrogen) atoms. The highest BCUT2D eigenvalue weighted by atomic mass is 32.2. The van der Waals surface area contributed by atoms with Crippen molar-refractivity contribution >= 4 is 23.4 Å². The Balaban J connectivity index is 1.86. The maximum Gasteiger partial charge on any atom is 0.234 e. The first kappa shape index (κ1) is 17.2. The molecular formula is C18H21NO3S. The zero-order valence-electron chi connectivity index (χ0n) is 13.5. The summed E-state index contributed by atoms with van der Waals surface area (Å²) in [6.07, 6.45) is 0.103. The van der Waals surface area contributed by atoms with Crippen molar-refractivity contribution in [2.24, 2.45) is 0 Å². The lowest BCUT2D eigenvalue weighted by molar-refractivity contribution is -0.113. The van der Waals surface area contributed by atoms with Crippen molar-refractivity contribution in [2.75, 3.05) is 18.2 Å². The molecule has 0 fully saturated rings. The van der Waals surface area contributed by atoms with Crippen LogP contribution < -0.4 is 14.8 Å². The fourth-order valence-corrected chi connectivity index (χ4v) is 2.64. The minimum Gasteiger partial charge on any atom is -0.497 e. The average Bonchev–Trinajstić information content (AvgIpc) is 2.53. The van der Waals surface area contributed by atoms with E-state index in [0.29, 0.717) is 5.75 Å². The molecular weight excluding hydrogens is 310 g/mol. The van der Waals surface area contributed by atoms with Gasteiger partial charge >= 0.3 is 0 Å². The van der Waals surface area contributed by atoms with Crippen molar-refractivity contribution in [3.05, 3.63) is 48.5 Å². The van der Waals surface area contributed by atoms with Gasteiger partial charge < -0.3 is 14.8 Å². The number of carbonyl (C=O) groups excluding carboxylic acids is 1. The van der Waals surface area contributed by atoms with E-state index in [2.05, 4.69) is 5.32 Å². The minimum atomic E-state index is -0.0486. The van der Waals surface area contributed by atoms with Crippen molar-refractivity contribution in [1.82, 2.24) is 0 Å². The van der Waals surface area contributed by atoms with E-state index < -0.39 is 0 Å². The van der Waals surface area contributed by atoms with Gasteiger partial charge in [-0.25, -0.2) is 0 Å². The molecule has 0 aromatic heterocycles. The Morgan fingerprint density at radius 1 is 1.13 bits per heavy atom. The Hall–Kier alpha value is -2.14. The molecule has 0 aliphatic rings. The summed E-state index contributed by atoms with van der Waals surface area (Å²) >= 11 is 1.48. The molecule has 0 unspecified atom stereocenters. The summed E-state index contributed by atoms with van der Waals surface area (Å²) in [6, 6.07) is 15.1. The van der Waals surface area contributed by atoms with Crippen LogP contribution in [0.4, 0.5) is 5.69 Å². The van der Waals surface area contributed by atoms with E-state index in [4.69, 9.17) is 9.47 Å². The number of rotatable bonds is 7. The van der Waals surface area contributed by atoms with Gasteiger partial charge in [-0.15, -0.1) is 11.8 Å². The van der Waals surface area contributed by atoms with Crippen molar-refractivity contribution in [1.29, 1.82) is 0 Å². The second-order valence-electron chi connectivity index (χ2n) is 5.21. The molecule has 2 rings (SSSR count). The first-order valence-corrected chi connectivity index (χ1v) is 8.39. The third-order valence-corrected chi connectivity index (χ3v) is 3.93. The number of methoxy groups -OCH3 is 1. The molecule has 0 radical (unpaired) electrons. The molecule has 5 heteroatoms. The molecule has 4 nitrogen and oxygen atoms in total. The summed E-state index contributed by atoms with van der Waals surface area (Å²) in [7, 11) is 1.63. The third kappa shape index (κ3) is 5.87. The quantitative estimate of drug-likeness (QED) is 0.772. The molecule has 1 N–H and O–H groups in total. The number of anilines is 1. The zero-order chi connectivity index (χ0) is 16.7. The average molecular weight is 331 g/mol. The summed E-state index contributed by atoms with van der Waals surface area (Å²) < 4.78 is 10.7. The number of amides is 1. The van der Waals surface area contributed by atoms with E-state index in [-0.39, 0.29) is 12.0 Å². The minimum absolute atomic E-state index is 0.0486. The van der Waals surface area contributed by atoms with E-state index in [1.54, 1.807) is 7.11 Å². The molecule has 0 spiro atoms. The molecule has 0 aliphatic heterocycles. The zero-order valence-corrected chi connectivity index (χ0v) is 14.4. The van der Waals surface area contributed by atoms with Gasteiger partial charge in [-0.3, -0.25) is 4.79 Å². The van der Waals surface area contributed by atoms with Crippen LogP contribution >= 0.6 is 11.8 Å². The predicted molar refractivity (Wildman–Crippen MR) is 94.6 cm³/mol. The van der Waals surface area contributed by atoms with Gasteiger partial charge in [0.1, 0.15) is 11.5 Å². The fourth-order valence-electron chi connectivity index (χ4n) is 1.94. The van der Waals surface area contributed by atoms with E-state index in [1.165, 1.54) is 11.8 Å². The largest absolute Gasteiger partial charge is 0.497 e. The monoisotopic (exact) mass is 331 g/mol. The first-order chi connectivity index (χ1) is 11.1. The smallest absolute Gasteiger partial charge is 0.234 e. The van der Waals surface area contributed by atoms with Crippen LogP contribution in [0.2, 0.25) is 0 Å². The molecule has 1 amide bonds. The van der Waals surface area contributed by atoms with Crippen molar-refractivity contribution in [3.63, 3.8) is 0 Å². The summed E-state index contributed by atoms with van der Waals surface area (Å²) in [4.78, 5) is 13.1. The van der Waals surface area contributed by atoms with Crippen LogP contribution in [0.25, 0.3) is 0 Å².